The number of carbonyl (C=O) groups is 1. The van der Waals surface area contributed by atoms with Crippen molar-refractivity contribution in [2.45, 2.75) is 13.3 Å². The topological polar surface area (TPSA) is 105 Å². The normalized spacial score (nSPS) is 11.8. The quantitative estimate of drug-likeness (QED) is 0.286. The van der Waals surface area contributed by atoms with E-state index in [9.17, 15) is 17.6 Å². The van der Waals surface area contributed by atoms with E-state index < -0.39 is 38.7 Å². The van der Waals surface area contributed by atoms with Crippen LogP contribution in [0.1, 0.15) is 29.3 Å². The molecule has 0 aliphatic rings. The van der Waals surface area contributed by atoms with Crippen molar-refractivity contribution in [3.8, 4) is 11.1 Å². The number of sulfonamides is 1. The van der Waals surface area contributed by atoms with Crippen LogP contribution in [0.15, 0.2) is 67.1 Å². The van der Waals surface area contributed by atoms with E-state index in [4.69, 9.17) is 0 Å². The summed E-state index contributed by atoms with van der Waals surface area (Å²) in [5, 5.41) is 1.37. The number of ketones is 1. The van der Waals surface area contributed by atoms with Crippen molar-refractivity contribution in [1.29, 1.82) is 0 Å². The maximum atomic E-state index is 15.2. The van der Waals surface area contributed by atoms with E-state index in [1.54, 1.807) is 31.6 Å². The number of pyridine rings is 2. The van der Waals surface area contributed by atoms with Crippen molar-refractivity contribution < 1.29 is 22.0 Å². The fourth-order valence-corrected chi connectivity index (χ4v) is 5.21. The van der Waals surface area contributed by atoms with Crippen LogP contribution in [0.5, 0.6) is 0 Å². The fraction of sp³-hybridized carbons (Fsp3) is 0.115. The van der Waals surface area contributed by atoms with Crippen molar-refractivity contribution in [3.05, 3.63) is 89.9 Å². The van der Waals surface area contributed by atoms with Gasteiger partial charge in [0, 0.05) is 51.6 Å². The Morgan fingerprint density at radius 2 is 1.86 bits per heavy atom. The molecule has 0 fully saturated rings. The number of nitrogens with one attached hydrogen (secondary N) is 2. The number of carbonyl (C=O) groups excluding carboxylic acids is 1. The molecule has 10 heteroatoms. The lowest BCUT2D eigenvalue weighted by Crippen LogP contribution is -2.18. The van der Waals surface area contributed by atoms with Crippen LogP contribution in [0.3, 0.4) is 0 Å². The van der Waals surface area contributed by atoms with Crippen LogP contribution in [-0.2, 0) is 10.0 Å². The molecule has 0 amide bonds. The van der Waals surface area contributed by atoms with Crippen LogP contribution in [0.2, 0.25) is 0 Å². The van der Waals surface area contributed by atoms with Crippen LogP contribution in [-0.4, -0.2) is 34.9 Å². The van der Waals surface area contributed by atoms with E-state index in [0.29, 0.717) is 23.0 Å². The third kappa shape index (κ3) is 4.31. The molecule has 0 aliphatic carbocycles. The van der Waals surface area contributed by atoms with Gasteiger partial charge in [-0.3, -0.25) is 14.5 Å². The molecule has 36 heavy (non-hydrogen) atoms. The number of aromatic nitrogens is 3. The third-order valence-electron chi connectivity index (χ3n) is 5.76. The Hall–Kier alpha value is -4.18. The first-order valence-corrected chi connectivity index (χ1v) is 12.8. The molecule has 2 N–H and O–H groups in total. The Morgan fingerprint density at radius 1 is 1.03 bits per heavy atom. The van der Waals surface area contributed by atoms with Crippen LogP contribution < -0.4 is 4.72 Å². The minimum absolute atomic E-state index is 0.0431. The SMILES string of the molecule is CCCS(=O)(=O)Nc1ccc(F)c(C(=O)c2ccc3[nH]c4ncc(-c5cccnc5)cc4c3c2)c1F. The van der Waals surface area contributed by atoms with E-state index in [2.05, 4.69) is 19.7 Å². The van der Waals surface area contributed by atoms with Gasteiger partial charge < -0.3 is 4.98 Å². The summed E-state index contributed by atoms with van der Waals surface area (Å²) in [7, 11) is -3.84. The molecule has 7 nitrogen and oxygen atoms in total. The number of anilines is 1. The molecule has 0 spiro atoms. The number of hydrogen-bond donors (Lipinski definition) is 2. The Labute approximate surface area is 205 Å². The highest BCUT2D eigenvalue weighted by Gasteiger charge is 2.24. The average Bonchev–Trinajstić information content (AvgIpc) is 3.23. The van der Waals surface area contributed by atoms with Gasteiger partial charge in [0.15, 0.2) is 11.6 Å². The van der Waals surface area contributed by atoms with Gasteiger partial charge in [-0.25, -0.2) is 22.2 Å². The van der Waals surface area contributed by atoms with Gasteiger partial charge in [-0.15, -0.1) is 0 Å². The lowest BCUT2D eigenvalue weighted by atomic mass is 9.99. The first-order chi connectivity index (χ1) is 17.3. The Bertz CT molecular complexity index is 1740. The number of nitrogens with zero attached hydrogens (tertiary/aromatic N) is 2. The van der Waals surface area contributed by atoms with Crippen LogP contribution in [0.25, 0.3) is 33.1 Å². The molecule has 0 radical (unpaired) electrons. The number of rotatable bonds is 7. The molecule has 0 saturated heterocycles. The molecule has 2 aromatic carbocycles. The summed E-state index contributed by atoms with van der Waals surface area (Å²) >= 11 is 0. The van der Waals surface area contributed by atoms with E-state index in [-0.39, 0.29) is 11.3 Å². The van der Waals surface area contributed by atoms with Crippen molar-refractivity contribution in [3.63, 3.8) is 0 Å². The fourth-order valence-electron chi connectivity index (χ4n) is 4.08. The summed E-state index contributed by atoms with van der Waals surface area (Å²) in [6, 6.07) is 12.1. The standard InChI is InChI=1S/C26H20F2N4O3S/c1-2-10-36(34,35)32-22-8-6-20(27)23(24(22)28)25(33)15-5-7-21-18(11-15)19-12-17(14-30-26(19)31-21)16-4-3-9-29-13-16/h3-9,11-14,32H,2,10H2,1H3,(H,30,31). The average molecular weight is 507 g/mol. The number of hydrogen-bond acceptors (Lipinski definition) is 5. The first-order valence-electron chi connectivity index (χ1n) is 11.1. The molecule has 3 aromatic heterocycles. The van der Waals surface area contributed by atoms with E-state index in [1.807, 2.05) is 18.2 Å². The van der Waals surface area contributed by atoms with Crippen molar-refractivity contribution in [1.82, 2.24) is 15.0 Å². The molecule has 0 bridgehead atoms. The molecular weight excluding hydrogens is 486 g/mol. The van der Waals surface area contributed by atoms with Crippen molar-refractivity contribution in [2.24, 2.45) is 0 Å². The van der Waals surface area contributed by atoms with Crippen LogP contribution in [0.4, 0.5) is 14.5 Å². The lowest BCUT2D eigenvalue weighted by molar-refractivity contribution is 0.103. The summed E-state index contributed by atoms with van der Waals surface area (Å²) in [6.45, 7) is 1.66. The molecule has 182 valence electrons. The third-order valence-corrected chi connectivity index (χ3v) is 7.24. The molecule has 0 unspecified atom stereocenters. The van der Waals surface area contributed by atoms with Gasteiger partial charge in [0.05, 0.1) is 17.0 Å². The van der Waals surface area contributed by atoms with E-state index in [1.165, 1.54) is 12.1 Å². The van der Waals surface area contributed by atoms with Crippen molar-refractivity contribution >= 4 is 43.4 Å². The number of aromatic amines is 1. The Morgan fingerprint density at radius 3 is 2.61 bits per heavy atom. The second-order valence-electron chi connectivity index (χ2n) is 8.28. The summed E-state index contributed by atoms with van der Waals surface area (Å²) in [6.07, 6.45) is 5.39. The highest BCUT2D eigenvalue weighted by molar-refractivity contribution is 7.92. The number of fused-ring (bicyclic) bond motifs is 3. The maximum absolute atomic E-state index is 15.2. The zero-order chi connectivity index (χ0) is 25.4. The Kier molecular flexibility index (Phi) is 5.97. The van der Waals surface area contributed by atoms with Gasteiger partial charge >= 0.3 is 0 Å². The highest BCUT2D eigenvalue weighted by atomic mass is 32.2. The van der Waals surface area contributed by atoms with E-state index >= 15 is 4.39 Å². The predicted octanol–water partition coefficient (Wildman–Crippen LogP) is 5.44. The number of halogens is 2. The number of benzene rings is 2. The minimum atomic E-state index is -3.84. The Balaban J connectivity index is 1.58. The van der Waals surface area contributed by atoms with Gasteiger partial charge in [-0.05, 0) is 48.9 Å². The lowest BCUT2D eigenvalue weighted by Gasteiger charge is -2.11. The van der Waals surface area contributed by atoms with Crippen LogP contribution >= 0.6 is 0 Å². The molecule has 5 rings (SSSR count). The zero-order valence-electron chi connectivity index (χ0n) is 19.0. The predicted molar refractivity (Wildman–Crippen MR) is 134 cm³/mol. The number of H-pyrrole nitrogens is 1. The summed E-state index contributed by atoms with van der Waals surface area (Å²) in [5.41, 5.74) is 1.69. The zero-order valence-corrected chi connectivity index (χ0v) is 19.9. The first kappa shape index (κ1) is 23.6. The highest BCUT2D eigenvalue weighted by Crippen LogP contribution is 2.31. The molecule has 0 aliphatic heterocycles. The molecule has 5 aromatic rings. The molecule has 0 saturated carbocycles. The summed E-state index contributed by atoms with van der Waals surface area (Å²) in [4.78, 5) is 25.0. The molecule has 3 heterocycles. The van der Waals surface area contributed by atoms with Gasteiger partial charge in [0.2, 0.25) is 10.0 Å². The maximum Gasteiger partial charge on any atom is 0.232 e. The smallest absolute Gasteiger partial charge is 0.232 e. The second kappa shape index (κ2) is 9.12. The monoisotopic (exact) mass is 506 g/mol. The summed E-state index contributed by atoms with van der Waals surface area (Å²) in [5.74, 6) is -3.50. The van der Waals surface area contributed by atoms with Gasteiger partial charge in [-0.1, -0.05) is 13.0 Å². The van der Waals surface area contributed by atoms with Gasteiger partial charge in [0.1, 0.15) is 11.5 Å². The van der Waals surface area contributed by atoms with Crippen molar-refractivity contribution in [2.75, 3.05) is 10.5 Å². The minimum Gasteiger partial charge on any atom is -0.339 e. The summed E-state index contributed by atoms with van der Waals surface area (Å²) < 4.78 is 56.1. The molecular formula is C26H20F2N4O3S. The second-order valence-corrected chi connectivity index (χ2v) is 10.1. The largest absolute Gasteiger partial charge is 0.339 e. The van der Waals surface area contributed by atoms with Gasteiger partial charge in [-0.2, -0.15) is 0 Å². The van der Waals surface area contributed by atoms with Crippen LogP contribution in [0, 0.1) is 11.6 Å². The molecule has 0 atom stereocenters. The van der Waals surface area contributed by atoms with Gasteiger partial charge in [0.25, 0.3) is 0 Å². The van der Waals surface area contributed by atoms with E-state index in [0.717, 1.165) is 28.6 Å².